The summed E-state index contributed by atoms with van der Waals surface area (Å²) in [5.41, 5.74) is 0. The molecule has 0 spiro atoms. The van der Waals surface area contributed by atoms with Crippen molar-refractivity contribution >= 4 is 0 Å². The van der Waals surface area contributed by atoms with Crippen molar-refractivity contribution in [3.8, 4) is 5.92 Å². The topological polar surface area (TPSA) is 0 Å². The zero-order valence-electron chi connectivity index (χ0n) is 8.41. The van der Waals surface area contributed by atoms with Gasteiger partial charge in [0.05, 0.1) is 0 Å². The molecular formula is C8H12Li3+. The molecule has 0 rings (SSSR count). The quantitative estimate of drug-likeness (QED) is 0.153. The van der Waals surface area contributed by atoms with Crippen LogP contribution in [-0.4, -0.2) is 0 Å². The van der Waals surface area contributed by atoms with E-state index in [4.69, 9.17) is 6.42 Å². The van der Waals surface area contributed by atoms with Gasteiger partial charge in [-0.15, -0.1) is 0 Å². The number of hydrogen-bond donors (Lipinski definition) is 0. The first-order valence-electron chi connectivity index (χ1n) is 3.15. The first-order chi connectivity index (χ1) is 3.91. The monoisotopic (exact) mass is 129 g/mol. The van der Waals surface area contributed by atoms with Gasteiger partial charge in [-0.3, -0.25) is 0 Å². The first-order valence-corrected chi connectivity index (χ1v) is 3.15. The third-order valence-electron chi connectivity index (χ3n) is 1.05. The van der Waals surface area contributed by atoms with Crippen molar-refractivity contribution < 1.29 is 56.6 Å². The fraction of sp³-hybridized carbons (Fsp3) is 0.625. The average Bonchev–Trinajstić information content (AvgIpc) is 1.81. The van der Waals surface area contributed by atoms with Gasteiger partial charge >= 0.3 is 56.6 Å². The molecule has 0 heterocycles. The zero-order valence-corrected chi connectivity index (χ0v) is 8.41. The molecule has 0 nitrogen and oxygen atoms in total. The smallest absolute Gasteiger partial charge is 0.729 e. The van der Waals surface area contributed by atoms with Crippen LogP contribution in [0.5, 0.6) is 0 Å². The van der Waals surface area contributed by atoms with Gasteiger partial charge in [-0.05, 0) is 0 Å². The minimum absolute atomic E-state index is 0. The number of unbranched alkanes of at least 4 members (excludes halogenated alkanes) is 4. The predicted molar refractivity (Wildman–Crippen MR) is 35.6 cm³/mol. The predicted octanol–water partition coefficient (Wildman–Crippen LogP) is -6.63. The molecule has 0 aromatic carbocycles. The van der Waals surface area contributed by atoms with E-state index in [1.54, 1.807) is 6.42 Å². The van der Waals surface area contributed by atoms with Crippen molar-refractivity contribution in [3.05, 3.63) is 12.8 Å². The van der Waals surface area contributed by atoms with E-state index in [9.17, 15) is 0 Å². The second kappa shape index (κ2) is 22.5. The van der Waals surface area contributed by atoms with Crippen LogP contribution in [0, 0.1) is 18.8 Å². The largest absolute Gasteiger partial charge is 1.00 e. The van der Waals surface area contributed by atoms with Crippen molar-refractivity contribution in [2.75, 3.05) is 0 Å². The summed E-state index contributed by atoms with van der Waals surface area (Å²) in [5, 5.41) is 0. The van der Waals surface area contributed by atoms with Crippen LogP contribution in [0.25, 0.3) is 0 Å². The Morgan fingerprint density at radius 2 is 1.73 bits per heavy atom. The maximum absolute atomic E-state index is 6.53. The Morgan fingerprint density at radius 1 is 1.18 bits per heavy atom. The minimum atomic E-state index is 0. The van der Waals surface area contributed by atoms with Crippen LogP contribution < -0.4 is 56.6 Å². The van der Waals surface area contributed by atoms with Gasteiger partial charge in [-0.25, -0.2) is 0 Å². The molecule has 0 saturated carbocycles. The van der Waals surface area contributed by atoms with Gasteiger partial charge in [0.2, 0.25) is 0 Å². The number of rotatable bonds is 4. The Hall–Kier alpha value is 1.22. The Kier molecular flexibility index (Phi) is 46.5. The average molecular weight is 129 g/mol. The van der Waals surface area contributed by atoms with E-state index in [1.807, 2.05) is 0 Å². The second-order valence-electron chi connectivity index (χ2n) is 1.84. The summed E-state index contributed by atoms with van der Waals surface area (Å²) < 4.78 is 0. The summed E-state index contributed by atoms with van der Waals surface area (Å²) in [7, 11) is 0. The van der Waals surface area contributed by atoms with Gasteiger partial charge in [0.25, 0.3) is 0 Å². The van der Waals surface area contributed by atoms with E-state index in [0.717, 1.165) is 6.42 Å². The third kappa shape index (κ3) is 24.7. The summed E-state index contributed by atoms with van der Waals surface area (Å²) in [6, 6.07) is 0. The fourth-order valence-electron chi connectivity index (χ4n) is 0.569. The molecule has 0 aromatic rings. The van der Waals surface area contributed by atoms with Crippen LogP contribution in [0.4, 0.5) is 0 Å². The van der Waals surface area contributed by atoms with E-state index in [1.165, 1.54) is 19.3 Å². The summed E-state index contributed by atoms with van der Waals surface area (Å²) >= 11 is 0. The van der Waals surface area contributed by atoms with Crippen LogP contribution in [0.2, 0.25) is 0 Å². The SMILES string of the molecule is [C-]#C[CH-]CCCCC.[Li+].[Li+].[Li+]. The molecule has 0 N–H and O–H groups in total. The molecular weight excluding hydrogens is 117 g/mol. The molecule has 0 aliphatic heterocycles. The van der Waals surface area contributed by atoms with Gasteiger partial charge < -0.3 is 18.8 Å². The maximum atomic E-state index is 6.53. The standard InChI is InChI=1S/C8H12.3Li/c1-3-5-7-8-6-4-2;;;/h6H,3,5,7-8H2,1H3;;;/q-2;3*+1. The van der Waals surface area contributed by atoms with Crippen molar-refractivity contribution in [1.29, 1.82) is 0 Å². The molecule has 46 valence electrons. The van der Waals surface area contributed by atoms with E-state index in [0.29, 0.717) is 0 Å². The first kappa shape index (κ1) is 22.8. The van der Waals surface area contributed by atoms with Gasteiger partial charge in [0, 0.05) is 0 Å². The Labute approximate surface area is 107 Å². The van der Waals surface area contributed by atoms with E-state index in [2.05, 4.69) is 12.8 Å². The minimum Gasteiger partial charge on any atom is -0.729 e. The van der Waals surface area contributed by atoms with Gasteiger partial charge in [-0.2, -0.15) is 6.42 Å². The summed E-state index contributed by atoms with van der Waals surface area (Å²) in [4.78, 5) is 0. The summed E-state index contributed by atoms with van der Waals surface area (Å²) in [6.45, 7) is 2.17. The molecule has 0 fully saturated rings. The molecule has 0 aliphatic rings. The van der Waals surface area contributed by atoms with Crippen LogP contribution in [0.3, 0.4) is 0 Å². The molecule has 0 radical (unpaired) electrons. The zero-order chi connectivity index (χ0) is 6.24. The Balaban J connectivity index is -0.0000000817. The molecule has 0 bridgehead atoms. The fourth-order valence-corrected chi connectivity index (χ4v) is 0.569. The van der Waals surface area contributed by atoms with E-state index < -0.39 is 0 Å². The van der Waals surface area contributed by atoms with Crippen LogP contribution in [0.15, 0.2) is 0 Å². The van der Waals surface area contributed by atoms with E-state index in [-0.39, 0.29) is 56.6 Å². The normalized spacial score (nSPS) is 5.82. The van der Waals surface area contributed by atoms with Gasteiger partial charge in [0.15, 0.2) is 0 Å². The molecule has 0 unspecified atom stereocenters. The van der Waals surface area contributed by atoms with Crippen LogP contribution in [-0.2, 0) is 0 Å². The van der Waals surface area contributed by atoms with Crippen LogP contribution >= 0.6 is 0 Å². The molecule has 0 saturated heterocycles. The van der Waals surface area contributed by atoms with Gasteiger partial charge in [0.1, 0.15) is 0 Å². The third-order valence-corrected chi connectivity index (χ3v) is 1.05. The van der Waals surface area contributed by atoms with Crippen molar-refractivity contribution in [1.82, 2.24) is 0 Å². The molecule has 0 aromatic heterocycles. The Bertz CT molecular complexity index is 75.9. The van der Waals surface area contributed by atoms with Gasteiger partial charge in [-0.1, -0.05) is 26.2 Å². The maximum Gasteiger partial charge on any atom is 1.00 e. The van der Waals surface area contributed by atoms with E-state index >= 15 is 0 Å². The Morgan fingerprint density at radius 3 is 2.09 bits per heavy atom. The summed E-state index contributed by atoms with van der Waals surface area (Å²) in [5.74, 6) is 2.25. The molecule has 3 heteroatoms. The second-order valence-corrected chi connectivity index (χ2v) is 1.84. The van der Waals surface area contributed by atoms with Crippen molar-refractivity contribution in [3.63, 3.8) is 0 Å². The molecule has 0 amide bonds. The van der Waals surface area contributed by atoms with Crippen molar-refractivity contribution in [2.45, 2.75) is 32.6 Å². The molecule has 0 aliphatic carbocycles. The van der Waals surface area contributed by atoms with Crippen LogP contribution in [0.1, 0.15) is 32.6 Å². The van der Waals surface area contributed by atoms with Crippen molar-refractivity contribution in [2.24, 2.45) is 0 Å². The summed E-state index contributed by atoms with van der Waals surface area (Å²) in [6.07, 6.45) is 13.1. The number of hydrogen-bond acceptors (Lipinski definition) is 0. The molecule has 0 atom stereocenters. The molecule has 11 heavy (non-hydrogen) atoms.